The molecule has 0 rings (SSSR count). The summed E-state index contributed by atoms with van der Waals surface area (Å²) in [4.78, 5) is 0. The van der Waals surface area contributed by atoms with E-state index >= 15 is 0 Å². The van der Waals surface area contributed by atoms with Gasteiger partial charge >= 0.3 is 0 Å². The van der Waals surface area contributed by atoms with Crippen molar-refractivity contribution in [3.05, 3.63) is 0 Å². The van der Waals surface area contributed by atoms with Gasteiger partial charge in [0.25, 0.3) is 0 Å². The van der Waals surface area contributed by atoms with Crippen LogP contribution in [0.3, 0.4) is 0 Å². The second kappa shape index (κ2) is 16.5. The maximum atomic E-state index is 5.21. The first kappa shape index (κ1) is 13.5. The van der Waals surface area contributed by atoms with Crippen LogP contribution in [-0.4, -0.2) is 19.6 Å². The highest BCUT2D eigenvalue weighted by molar-refractivity contribution is 4.35. The zero-order valence-corrected chi connectivity index (χ0v) is 8.32. The summed E-state index contributed by atoms with van der Waals surface area (Å²) < 4.78 is 0. The van der Waals surface area contributed by atoms with Crippen molar-refractivity contribution in [3.8, 4) is 0 Å². The molecule has 0 aromatic heterocycles. The third kappa shape index (κ3) is 25.7. The lowest BCUT2D eigenvalue weighted by molar-refractivity contribution is 0.727. The molecule has 0 aromatic rings. The van der Waals surface area contributed by atoms with Crippen LogP contribution in [0.5, 0.6) is 0 Å². The van der Waals surface area contributed by atoms with E-state index in [1.807, 2.05) is 0 Å². The van der Waals surface area contributed by atoms with Gasteiger partial charge < -0.3 is 11.1 Å². The van der Waals surface area contributed by atoms with Crippen LogP contribution < -0.4 is 11.1 Å². The Hall–Kier alpha value is -0.0800. The summed E-state index contributed by atoms with van der Waals surface area (Å²) in [6.07, 6.45) is 3.75. The first-order valence-electron chi connectivity index (χ1n) is 4.74. The molecule has 0 atom stereocenters. The van der Waals surface area contributed by atoms with Gasteiger partial charge in [-0.05, 0) is 26.1 Å². The first-order valence-corrected chi connectivity index (χ1v) is 4.74. The minimum absolute atomic E-state index is 0.855. The molecule has 2 nitrogen and oxygen atoms in total. The zero-order chi connectivity index (χ0) is 8.95. The summed E-state index contributed by atoms with van der Waals surface area (Å²) in [6, 6.07) is 0. The maximum absolute atomic E-state index is 5.21. The Morgan fingerprint density at radius 2 is 1.55 bits per heavy atom. The molecule has 0 spiro atoms. The van der Waals surface area contributed by atoms with E-state index in [0.29, 0.717) is 0 Å². The fourth-order valence-electron chi connectivity index (χ4n) is 0.644. The molecule has 0 radical (unpaired) electrons. The van der Waals surface area contributed by atoms with Crippen LogP contribution in [0.1, 0.15) is 40.0 Å². The van der Waals surface area contributed by atoms with Crippen molar-refractivity contribution in [3.63, 3.8) is 0 Å². The molecule has 3 N–H and O–H groups in total. The summed E-state index contributed by atoms with van der Waals surface area (Å²) in [5, 5.41) is 3.11. The lowest BCUT2D eigenvalue weighted by Gasteiger charge is -1.86. The first-order chi connectivity index (χ1) is 5.33. The third-order valence-electron chi connectivity index (χ3n) is 1.31. The zero-order valence-electron chi connectivity index (χ0n) is 8.32. The molecule has 0 aliphatic rings. The molecular formula is C9H24N2. The summed E-state index contributed by atoms with van der Waals surface area (Å²) in [6.45, 7) is 9.42. The summed E-state index contributed by atoms with van der Waals surface area (Å²) in [5.41, 5.74) is 5.21. The number of hydrogen-bond acceptors (Lipinski definition) is 2. The van der Waals surface area contributed by atoms with Gasteiger partial charge in [-0.3, -0.25) is 0 Å². The molecule has 0 saturated heterocycles. The van der Waals surface area contributed by atoms with E-state index in [1.54, 1.807) is 0 Å². The molecule has 11 heavy (non-hydrogen) atoms. The van der Waals surface area contributed by atoms with Crippen molar-refractivity contribution in [2.24, 2.45) is 5.73 Å². The van der Waals surface area contributed by atoms with Crippen LogP contribution in [0.4, 0.5) is 0 Å². The van der Waals surface area contributed by atoms with Gasteiger partial charge in [-0.1, -0.05) is 33.6 Å². The molecule has 0 saturated carbocycles. The Morgan fingerprint density at radius 3 is 1.64 bits per heavy atom. The van der Waals surface area contributed by atoms with Crippen molar-refractivity contribution < 1.29 is 0 Å². The van der Waals surface area contributed by atoms with Gasteiger partial charge in [-0.2, -0.15) is 0 Å². The van der Waals surface area contributed by atoms with Crippen molar-refractivity contribution in [1.29, 1.82) is 0 Å². The predicted octanol–water partition coefficient (Wildman–Crippen LogP) is 1.75. The average Bonchev–Trinajstić information content (AvgIpc) is 2.04. The molecular weight excluding hydrogens is 136 g/mol. The number of nitrogens with one attached hydrogen (secondary N) is 1. The topological polar surface area (TPSA) is 38.0 Å². The highest BCUT2D eigenvalue weighted by atomic mass is 14.8. The predicted molar refractivity (Wildman–Crippen MR) is 52.8 cm³/mol. The molecule has 0 unspecified atom stereocenters. The summed E-state index contributed by atoms with van der Waals surface area (Å²) in [7, 11) is 0. The Kier molecular flexibility index (Phi) is 20.2. The van der Waals surface area contributed by atoms with Crippen LogP contribution >= 0.6 is 0 Å². The van der Waals surface area contributed by atoms with Gasteiger partial charge in [0.1, 0.15) is 0 Å². The number of rotatable bonds is 5. The van der Waals surface area contributed by atoms with Gasteiger partial charge in [-0.15, -0.1) is 0 Å². The van der Waals surface area contributed by atoms with Crippen LogP contribution in [-0.2, 0) is 0 Å². The molecule has 0 aliphatic heterocycles. The largest absolute Gasteiger partial charge is 0.330 e. The van der Waals surface area contributed by atoms with E-state index in [2.05, 4.69) is 26.1 Å². The van der Waals surface area contributed by atoms with Crippen molar-refractivity contribution >= 4 is 0 Å². The van der Waals surface area contributed by atoms with Gasteiger partial charge in [0.05, 0.1) is 0 Å². The standard InChI is InChI=1S/C5H13N.C4H11N/c1-2-3-4-5-6;1-3-5-4-2/h2-6H2,1H3;5H,3-4H2,1-2H3. The van der Waals surface area contributed by atoms with Crippen molar-refractivity contribution in [1.82, 2.24) is 5.32 Å². The van der Waals surface area contributed by atoms with Crippen LogP contribution in [0, 0.1) is 0 Å². The van der Waals surface area contributed by atoms with Crippen LogP contribution in [0.15, 0.2) is 0 Å². The minimum atomic E-state index is 0.855. The number of nitrogens with two attached hydrogens (primary N) is 1. The second-order valence-electron chi connectivity index (χ2n) is 2.45. The van der Waals surface area contributed by atoms with Gasteiger partial charge in [0.15, 0.2) is 0 Å². The number of hydrogen-bond donors (Lipinski definition) is 2. The Bertz CT molecular complexity index is 40.8. The van der Waals surface area contributed by atoms with Crippen molar-refractivity contribution in [2.75, 3.05) is 19.6 Å². The highest BCUT2D eigenvalue weighted by Gasteiger charge is 1.75. The second-order valence-corrected chi connectivity index (χ2v) is 2.45. The molecule has 0 fully saturated rings. The normalized spacial score (nSPS) is 8.73. The maximum Gasteiger partial charge on any atom is -0.00773 e. The van der Waals surface area contributed by atoms with Crippen LogP contribution in [0.25, 0.3) is 0 Å². The fraction of sp³-hybridized carbons (Fsp3) is 1.00. The Balaban J connectivity index is 0. The highest BCUT2D eigenvalue weighted by Crippen LogP contribution is 1.88. The van der Waals surface area contributed by atoms with Crippen molar-refractivity contribution in [2.45, 2.75) is 40.0 Å². The third-order valence-corrected chi connectivity index (χ3v) is 1.31. The monoisotopic (exact) mass is 160 g/mol. The molecule has 0 aromatic carbocycles. The van der Waals surface area contributed by atoms with E-state index in [-0.39, 0.29) is 0 Å². The smallest absolute Gasteiger partial charge is 0.00773 e. The van der Waals surface area contributed by atoms with Gasteiger partial charge in [0, 0.05) is 0 Å². The molecule has 2 heteroatoms. The van der Waals surface area contributed by atoms with E-state index < -0.39 is 0 Å². The van der Waals surface area contributed by atoms with Gasteiger partial charge in [-0.25, -0.2) is 0 Å². The molecule has 0 bridgehead atoms. The van der Waals surface area contributed by atoms with E-state index in [0.717, 1.165) is 19.6 Å². The lowest BCUT2D eigenvalue weighted by atomic mass is 10.3. The quantitative estimate of drug-likeness (QED) is 0.601. The average molecular weight is 160 g/mol. The Morgan fingerprint density at radius 1 is 1.00 bits per heavy atom. The summed E-state index contributed by atoms with van der Waals surface area (Å²) in [5.74, 6) is 0. The van der Waals surface area contributed by atoms with E-state index in [9.17, 15) is 0 Å². The SMILES string of the molecule is CCCCCN.CCNCC. The molecule has 0 heterocycles. The van der Waals surface area contributed by atoms with Gasteiger partial charge in [0.2, 0.25) is 0 Å². The molecule has 0 aliphatic carbocycles. The fourth-order valence-corrected chi connectivity index (χ4v) is 0.644. The lowest BCUT2D eigenvalue weighted by Crippen LogP contribution is -2.09. The van der Waals surface area contributed by atoms with Crippen LogP contribution in [0.2, 0.25) is 0 Å². The Labute approximate surface area is 71.6 Å². The summed E-state index contributed by atoms with van der Waals surface area (Å²) >= 11 is 0. The minimum Gasteiger partial charge on any atom is -0.330 e. The van der Waals surface area contributed by atoms with E-state index in [4.69, 9.17) is 5.73 Å². The molecule has 0 amide bonds. The number of unbranched alkanes of at least 4 members (excludes halogenated alkanes) is 2. The van der Waals surface area contributed by atoms with E-state index in [1.165, 1.54) is 19.3 Å². The molecule has 70 valence electrons.